The summed E-state index contributed by atoms with van der Waals surface area (Å²) in [6.45, 7) is 9.99. The number of carbonyl (C=O) groups excluding carboxylic acids is 1. The monoisotopic (exact) mass is 448 g/mol. The van der Waals surface area contributed by atoms with Crippen molar-refractivity contribution in [2.24, 2.45) is 5.41 Å². The molecule has 172 valence electrons. The van der Waals surface area contributed by atoms with Crippen molar-refractivity contribution < 1.29 is 4.79 Å². The van der Waals surface area contributed by atoms with Gasteiger partial charge in [-0.05, 0) is 47.1 Å². The van der Waals surface area contributed by atoms with Gasteiger partial charge >= 0.3 is 0 Å². The van der Waals surface area contributed by atoms with Crippen LogP contribution in [0.15, 0.2) is 96.6 Å². The zero-order valence-corrected chi connectivity index (χ0v) is 20.4. The molecule has 34 heavy (non-hydrogen) atoms. The summed E-state index contributed by atoms with van der Waals surface area (Å²) < 4.78 is 0. The van der Waals surface area contributed by atoms with Crippen LogP contribution in [-0.2, 0) is 4.79 Å². The normalized spacial score (nSPS) is 30.6. The Labute approximate surface area is 202 Å². The quantitative estimate of drug-likeness (QED) is 0.472. The van der Waals surface area contributed by atoms with E-state index in [4.69, 9.17) is 0 Å². The van der Waals surface area contributed by atoms with Gasteiger partial charge in [-0.1, -0.05) is 105 Å². The molecule has 2 fully saturated rings. The Morgan fingerprint density at radius 1 is 0.765 bits per heavy atom. The summed E-state index contributed by atoms with van der Waals surface area (Å²) in [5, 5.41) is 5.00. The molecule has 3 aliphatic rings. The van der Waals surface area contributed by atoms with Crippen molar-refractivity contribution in [1.29, 1.82) is 0 Å². The third-order valence-electron chi connectivity index (χ3n) is 8.48. The highest BCUT2D eigenvalue weighted by atomic mass is 16.1. The summed E-state index contributed by atoms with van der Waals surface area (Å²) in [5.74, 6) is 0.0689. The van der Waals surface area contributed by atoms with Gasteiger partial charge in [0.25, 0.3) is 0 Å². The van der Waals surface area contributed by atoms with Gasteiger partial charge in [0.05, 0.1) is 18.0 Å². The minimum absolute atomic E-state index is 0.0108. The van der Waals surface area contributed by atoms with Crippen LogP contribution in [0, 0.1) is 5.41 Å². The van der Waals surface area contributed by atoms with Crippen LogP contribution in [0.2, 0.25) is 0 Å². The largest absolute Gasteiger partial charge is 0.296 e. The molecule has 0 aromatic heterocycles. The Hall–Kier alpha value is -3.01. The Morgan fingerprint density at radius 2 is 1.29 bits per heavy atom. The van der Waals surface area contributed by atoms with E-state index in [1.165, 1.54) is 22.3 Å². The number of carbonyl (C=O) groups is 1. The van der Waals surface area contributed by atoms with Crippen LogP contribution < -0.4 is 0 Å². The summed E-state index contributed by atoms with van der Waals surface area (Å²) >= 11 is 0. The first-order valence-corrected chi connectivity index (χ1v) is 12.3. The summed E-state index contributed by atoms with van der Waals surface area (Å²) in [4.78, 5) is 14.7. The number of benzene rings is 3. The number of ketones is 1. The standard InChI is InChI=1S/C31H32N2O/c1-21-25(22-14-8-5-9-15-22)28-30(2,3)20-32-27(24-18-12-7-13-19-24)26(23-16-10-6-11-17-23)29(34)31(21,4)33(28)32/h5-19,26-28H,20H2,1-4H3. The second kappa shape index (κ2) is 7.49. The topological polar surface area (TPSA) is 23.6 Å². The Morgan fingerprint density at radius 3 is 1.88 bits per heavy atom. The van der Waals surface area contributed by atoms with Gasteiger partial charge in [-0.3, -0.25) is 4.79 Å². The van der Waals surface area contributed by atoms with Gasteiger partial charge in [0, 0.05) is 6.54 Å². The zero-order chi connectivity index (χ0) is 23.7. The Kier molecular flexibility index (Phi) is 4.74. The number of rotatable bonds is 3. The van der Waals surface area contributed by atoms with Crippen molar-refractivity contribution in [3.63, 3.8) is 0 Å². The van der Waals surface area contributed by atoms with E-state index in [1.54, 1.807) is 0 Å². The average Bonchev–Trinajstić information content (AvgIpc) is 3.28. The molecular formula is C31H32N2O. The van der Waals surface area contributed by atoms with Crippen LogP contribution in [0.5, 0.6) is 0 Å². The molecule has 3 nitrogen and oxygen atoms in total. The third kappa shape index (κ3) is 2.80. The Balaban J connectivity index is 1.62. The van der Waals surface area contributed by atoms with Gasteiger partial charge in [0.1, 0.15) is 5.54 Å². The van der Waals surface area contributed by atoms with Gasteiger partial charge in [0.15, 0.2) is 5.78 Å². The first-order valence-electron chi connectivity index (χ1n) is 12.3. The fourth-order valence-corrected chi connectivity index (χ4v) is 6.88. The summed E-state index contributed by atoms with van der Waals surface area (Å²) in [7, 11) is 0. The lowest BCUT2D eigenvalue weighted by molar-refractivity contribution is -0.164. The molecule has 3 heteroatoms. The molecule has 0 bridgehead atoms. The molecule has 3 aromatic carbocycles. The number of Topliss-reactive ketones (excluding diaryl/α,β-unsaturated/α-hetero) is 1. The molecule has 2 saturated heterocycles. The number of hydrogen-bond acceptors (Lipinski definition) is 3. The molecule has 0 N–H and O–H groups in total. The van der Waals surface area contributed by atoms with E-state index in [1.807, 2.05) is 6.07 Å². The molecule has 0 radical (unpaired) electrons. The maximum atomic E-state index is 14.7. The number of hydrazine groups is 1. The lowest BCUT2D eigenvalue weighted by Gasteiger charge is -2.52. The van der Waals surface area contributed by atoms with E-state index >= 15 is 0 Å². The summed E-state index contributed by atoms with van der Waals surface area (Å²) in [6, 6.07) is 31.8. The fraction of sp³-hybridized carbons (Fsp3) is 0.323. The van der Waals surface area contributed by atoms with Crippen LogP contribution in [0.25, 0.3) is 5.57 Å². The van der Waals surface area contributed by atoms with Crippen molar-refractivity contribution in [1.82, 2.24) is 10.0 Å². The molecule has 3 heterocycles. The van der Waals surface area contributed by atoms with Gasteiger partial charge in [-0.2, -0.15) is 0 Å². The SMILES string of the molecule is CC1=C(c2ccccc2)C2N3N(CC2(C)C)C(c2ccccc2)C(c2ccccc2)C(=O)C13C. The lowest BCUT2D eigenvalue weighted by Crippen LogP contribution is -2.64. The van der Waals surface area contributed by atoms with Crippen LogP contribution in [-0.4, -0.2) is 33.9 Å². The van der Waals surface area contributed by atoms with Crippen molar-refractivity contribution in [3.05, 3.63) is 113 Å². The van der Waals surface area contributed by atoms with Crippen LogP contribution in [0.4, 0.5) is 0 Å². The van der Waals surface area contributed by atoms with Crippen LogP contribution in [0.1, 0.15) is 56.3 Å². The molecule has 0 aliphatic carbocycles. The molecule has 3 aliphatic heterocycles. The summed E-state index contributed by atoms with van der Waals surface area (Å²) in [6.07, 6.45) is 0. The minimum atomic E-state index is -0.671. The van der Waals surface area contributed by atoms with Gasteiger partial charge in [-0.25, -0.2) is 10.0 Å². The third-order valence-corrected chi connectivity index (χ3v) is 8.48. The molecule has 0 amide bonds. The highest BCUT2D eigenvalue weighted by Gasteiger charge is 2.68. The second-order valence-electron chi connectivity index (χ2n) is 10.9. The molecule has 0 saturated carbocycles. The first-order chi connectivity index (χ1) is 16.4. The number of nitrogens with zero attached hydrogens (tertiary/aromatic N) is 2. The van der Waals surface area contributed by atoms with E-state index in [-0.39, 0.29) is 23.4 Å². The van der Waals surface area contributed by atoms with E-state index < -0.39 is 5.54 Å². The van der Waals surface area contributed by atoms with Crippen molar-refractivity contribution >= 4 is 11.4 Å². The smallest absolute Gasteiger partial charge is 0.167 e. The van der Waals surface area contributed by atoms with E-state index in [0.29, 0.717) is 5.78 Å². The predicted molar refractivity (Wildman–Crippen MR) is 137 cm³/mol. The van der Waals surface area contributed by atoms with Crippen molar-refractivity contribution in [2.45, 2.75) is 51.2 Å². The molecule has 4 unspecified atom stereocenters. The molecule has 3 aromatic rings. The number of hydrogen-bond donors (Lipinski definition) is 0. The van der Waals surface area contributed by atoms with Crippen molar-refractivity contribution in [3.8, 4) is 0 Å². The summed E-state index contributed by atoms with van der Waals surface area (Å²) in [5.41, 5.74) is 5.37. The van der Waals surface area contributed by atoms with Crippen molar-refractivity contribution in [2.75, 3.05) is 6.54 Å². The molecular weight excluding hydrogens is 416 g/mol. The highest BCUT2D eigenvalue weighted by Crippen LogP contribution is 2.61. The maximum Gasteiger partial charge on any atom is 0.167 e. The van der Waals surface area contributed by atoms with E-state index in [0.717, 1.165) is 12.1 Å². The second-order valence-corrected chi connectivity index (χ2v) is 10.9. The highest BCUT2D eigenvalue weighted by molar-refractivity contribution is 6.02. The fourth-order valence-electron chi connectivity index (χ4n) is 6.88. The molecule has 4 atom stereocenters. The maximum absolute atomic E-state index is 14.7. The van der Waals surface area contributed by atoms with Gasteiger partial charge in [-0.15, -0.1) is 0 Å². The Bertz CT molecular complexity index is 1260. The average molecular weight is 449 g/mol. The van der Waals surface area contributed by atoms with Gasteiger partial charge in [0.2, 0.25) is 0 Å². The first kappa shape index (κ1) is 21.5. The van der Waals surface area contributed by atoms with E-state index in [9.17, 15) is 4.79 Å². The lowest BCUT2D eigenvalue weighted by atomic mass is 9.71. The predicted octanol–water partition coefficient (Wildman–Crippen LogP) is 6.27. The van der Waals surface area contributed by atoms with Gasteiger partial charge < -0.3 is 0 Å². The minimum Gasteiger partial charge on any atom is -0.296 e. The van der Waals surface area contributed by atoms with Crippen LogP contribution >= 0.6 is 0 Å². The molecule has 6 rings (SSSR count). The zero-order valence-electron chi connectivity index (χ0n) is 20.4. The molecule has 0 spiro atoms. The van der Waals surface area contributed by atoms with E-state index in [2.05, 4.69) is 123 Å². The van der Waals surface area contributed by atoms with Crippen LogP contribution in [0.3, 0.4) is 0 Å².